The molecule has 0 saturated heterocycles. The zero-order valence-electron chi connectivity index (χ0n) is 12.0. The third kappa shape index (κ3) is 4.97. The minimum absolute atomic E-state index is 0.0218. The zero-order valence-corrected chi connectivity index (χ0v) is 12.0. The van der Waals surface area contributed by atoms with Gasteiger partial charge in [0.1, 0.15) is 0 Å². The van der Waals surface area contributed by atoms with Crippen LogP contribution in [0.1, 0.15) is 19.4 Å². The second-order valence-corrected chi connectivity index (χ2v) is 5.57. The SMILES string of the molecule is CC(C)(CNCc1ccccc1)COc1ncccn1. The number of nitrogens with one attached hydrogen (secondary N) is 1. The molecule has 106 valence electrons. The Bertz CT molecular complexity index is 500. The Morgan fingerprint density at radius 3 is 2.45 bits per heavy atom. The Morgan fingerprint density at radius 1 is 1.05 bits per heavy atom. The summed E-state index contributed by atoms with van der Waals surface area (Å²) in [7, 11) is 0. The molecule has 0 aliphatic rings. The van der Waals surface area contributed by atoms with Gasteiger partial charge >= 0.3 is 6.01 Å². The van der Waals surface area contributed by atoms with Crippen molar-refractivity contribution in [2.75, 3.05) is 13.2 Å². The van der Waals surface area contributed by atoms with Gasteiger partial charge in [-0.1, -0.05) is 44.2 Å². The number of nitrogens with zero attached hydrogens (tertiary/aromatic N) is 2. The number of hydrogen-bond acceptors (Lipinski definition) is 4. The predicted octanol–water partition coefficient (Wildman–Crippen LogP) is 2.67. The van der Waals surface area contributed by atoms with Crippen LogP contribution in [0.5, 0.6) is 6.01 Å². The van der Waals surface area contributed by atoms with E-state index in [4.69, 9.17) is 4.74 Å². The lowest BCUT2D eigenvalue weighted by molar-refractivity contribution is 0.164. The van der Waals surface area contributed by atoms with Gasteiger partial charge in [0, 0.05) is 30.9 Å². The summed E-state index contributed by atoms with van der Waals surface area (Å²) >= 11 is 0. The molecule has 0 amide bonds. The van der Waals surface area contributed by atoms with E-state index in [2.05, 4.69) is 53.4 Å². The maximum atomic E-state index is 5.61. The normalized spacial score (nSPS) is 11.3. The zero-order chi connectivity index (χ0) is 14.3. The van der Waals surface area contributed by atoms with Crippen LogP contribution in [0.15, 0.2) is 48.8 Å². The fourth-order valence-electron chi connectivity index (χ4n) is 1.81. The lowest BCUT2D eigenvalue weighted by Gasteiger charge is -2.24. The third-order valence-electron chi connectivity index (χ3n) is 2.91. The standard InChI is InChI=1S/C16H21N3O/c1-16(2,13-20-15-18-9-6-10-19-15)12-17-11-14-7-4-3-5-8-14/h3-10,17H,11-13H2,1-2H3. The molecule has 4 heteroatoms. The van der Waals surface area contributed by atoms with Crippen molar-refractivity contribution in [2.24, 2.45) is 5.41 Å². The van der Waals surface area contributed by atoms with E-state index in [1.165, 1.54) is 5.56 Å². The van der Waals surface area contributed by atoms with Crippen molar-refractivity contribution >= 4 is 0 Å². The first-order chi connectivity index (χ1) is 9.66. The first kappa shape index (κ1) is 14.5. The summed E-state index contributed by atoms with van der Waals surface area (Å²) in [6.07, 6.45) is 3.37. The van der Waals surface area contributed by atoms with Crippen molar-refractivity contribution in [3.63, 3.8) is 0 Å². The van der Waals surface area contributed by atoms with Gasteiger partial charge in [-0.15, -0.1) is 0 Å². The van der Waals surface area contributed by atoms with Gasteiger partial charge in [-0.3, -0.25) is 0 Å². The smallest absolute Gasteiger partial charge is 0.316 e. The molecule has 2 rings (SSSR count). The Labute approximate surface area is 120 Å². The molecule has 0 unspecified atom stereocenters. The molecule has 4 nitrogen and oxygen atoms in total. The lowest BCUT2D eigenvalue weighted by atomic mass is 9.95. The van der Waals surface area contributed by atoms with Gasteiger partial charge in [-0.2, -0.15) is 0 Å². The predicted molar refractivity (Wildman–Crippen MR) is 79.5 cm³/mol. The molecule has 0 aliphatic carbocycles. The summed E-state index contributed by atoms with van der Waals surface area (Å²) in [6.45, 7) is 6.64. The minimum Gasteiger partial charge on any atom is -0.463 e. The minimum atomic E-state index is 0.0218. The molecule has 0 fully saturated rings. The third-order valence-corrected chi connectivity index (χ3v) is 2.91. The van der Waals surface area contributed by atoms with E-state index in [-0.39, 0.29) is 5.41 Å². The highest BCUT2D eigenvalue weighted by molar-refractivity contribution is 5.14. The van der Waals surface area contributed by atoms with Crippen LogP contribution in [-0.2, 0) is 6.54 Å². The molecule has 0 atom stereocenters. The van der Waals surface area contributed by atoms with Crippen molar-refractivity contribution < 1.29 is 4.74 Å². The first-order valence-electron chi connectivity index (χ1n) is 6.80. The number of aromatic nitrogens is 2. The Kier molecular flexibility index (Phi) is 5.07. The molecule has 1 heterocycles. The Balaban J connectivity index is 1.73. The van der Waals surface area contributed by atoms with E-state index in [9.17, 15) is 0 Å². The van der Waals surface area contributed by atoms with Crippen LogP contribution in [0, 0.1) is 5.41 Å². The molecule has 0 radical (unpaired) electrons. The van der Waals surface area contributed by atoms with Gasteiger partial charge in [-0.25, -0.2) is 9.97 Å². The Hall–Kier alpha value is -1.94. The van der Waals surface area contributed by atoms with Gasteiger partial charge in [0.15, 0.2) is 0 Å². The number of hydrogen-bond donors (Lipinski definition) is 1. The average molecular weight is 271 g/mol. The summed E-state index contributed by atoms with van der Waals surface area (Å²) in [6, 6.07) is 12.6. The first-order valence-corrected chi connectivity index (χ1v) is 6.80. The molecular formula is C16H21N3O. The highest BCUT2D eigenvalue weighted by Crippen LogP contribution is 2.15. The van der Waals surface area contributed by atoms with Gasteiger partial charge in [0.2, 0.25) is 0 Å². The second kappa shape index (κ2) is 7.01. The van der Waals surface area contributed by atoms with Gasteiger partial charge in [0.05, 0.1) is 6.61 Å². The summed E-state index contributed by atoms with van der Waals surface area (Å²) in [5.41, 5.74) is 1.31. The molecule has 0 aliphatic heterocycles. The largest absolute Gasteiger partial charge is 0.463 e. The van der Waals surface area contributed by atoms with Crippen molar-refractivity contribution in [1.29, 1.82) is 0 Å². The van der Waals surface area contributed by atoms with E-state index in [0.29, 0.717) is 12.6 Å². The van der Waals surface area contributed by atoms with E-state index >= 15 is 0 Å². The van der Waals surface area contributed by atoms with E-state index in [1.54, 1.807) is 18.5 Å². The highest BCUT2D eigenvalue weighted by atomic mass is 16.5. The topological polar surface area (TPSA) is 47.0 Å². The molecule has 1 aromatic carbocycles. The molecular weight excluding hydrogens is 250 g/mol. The van der Waals surface area contributed by atoms with Crippen molar-refractivity contribution in [1.82, 2.24) is 15.3 Å². The van der Waals surface area contributed by atoms with Crippen molar-refractivity contribution in [2.45, 2.75) is 20.4 Å². The van der Waals surface area contributed by atoms with Crippen LogP contribution in [0.4, 0.5) is 0 Å². The summed E-state index contributed by atoms with van der Waals surface area (Å²) in [4.78, 5) is 8.11. The maximum Gasteiger partial charge on any atom is 0.316 e. The van der Waals surface area contributed by atoms with Crippen LogP contribution in [0.3, 0.4) is 0 Å². The lowest BCUT2D eigenvalue weighted by Crippen LogP contribution is -2.34. The quantitative estimate of drug-likeness (QED) is 0.841. The summed E-state index contributed by atoms with van der Waals surface area (Å²) in [5, 5.41) is 3.46. The van der Waals surface area contributed by atoms with Crippen LogP contribution < -0.4 is 10.1 Å². The van der Waals surface area contributed by atoms with Crippen LogP contribution >= 0.6 is 0 Å². The van der Waals surface area contributed by atoms with Crippen molar-refractivity contribution in [3.8, 4) is 6.01 Å². The molecule has 1 aromatic heterocycles. The van der Waals surface area contributed by atoms with Crippen molar-refractivity contribution in [3.05, 3.63) is 54.4 Å². The van der Waals surface area contributed by atoms with E-state index < -0.39 is 0 Å². The fraction of sp³-hybridized carbons (Fsp3) is 0.375. The van der Waals surface area contributed by atoms with Crippen LogP contribution in [-0.4, -0.2) is 23.1 Å². The number of benzene rings is 1. The van der Waals surface area contributed by atoms with Crippen LogP contribution in [0.25, 0.3) is 0 Å². The highest BCUT2D eigenvalue weighted by Gasteiger charge is 2.19. The van der Waals surface area contributed by atoms with Crippen LogP contribution in [0.2, 0.25) is 0 Å². The number of rotatable bonds is 7. The molecule has 2 aromatic rings. The average Bonchev–Trinajstić information content (AvgIpc) is 2.47. The monoisotopic (exact) mass is 271 g/mol. The second-order valence-electron chi connectivity index (χ2n) is 5.57. The molecule has 0 bridgehead atoms. The molecule has 20 heavy (non-hydrogen) atoms. The molecule has 0 saturated carbocycles. The fourth-order valence-corrected chi connectivity index (χ4v) is 1.81. The molecule has 1 N–H and O–H groups in total. The maximum absolute atomic E-state index is 5.61. The summed E-state index contributed by atoms with van der Waals surface area (Å²) in [5.74, 6) is 0. The number of ether oxygens (including phenoxy) is 1. The summed E-state index contributed by atoms with van der Waals surface area (Å²) < 4.78 is 5.61. The van der Waals surface area contributed by atoms with Gasteiger partial charge < -0.3 is 10.1 Å². The molecule has 0 spiro atoms. The van der Waals surface area contributed by atoms with E-state index in [1.807, 2.05) is 6.07 Å². The van der Waals surface area contributed by atoms with Gasteiger partial charge in [0.25, 0.3) is 0 Å². The van der Waals surface area contributed by atoms with Gasteiger partial charge in [-0.05, 0) is 11.6 Å². The Morgan fingerprint density at radius 2 is 1.75 bits per heavy atom. The van der Waals surface area contributed by atoms with E-state index in [0.717, 1.165) is 13.1 Å².